The number of rotatable bonds is 5. The molecule has 0 N–H and O–H groups in total. The predicted molar refractivity (Wildman–Crippen MR) is 107 cm³/mol. The lowest BCUT2D eigenvalue weighted by Crippen LogP contribution is -2.58. The number of hydrogen-bond acceptors (Lipinski definition) is 0. The Bertz CT molecular complexity index is 1090. The molecule has 0 bridgehead atoms. The average Bonchev–Trinajstić information content (AvgIpc) is 2.82. The molecule has 3 aromatic carbocycles. The molecule has 0 fully saturated rings. The topological polar surface area (TPSA) is 0 Å². The highest BCUT2D eigenvalue weighted by Crippen LogP contribution is 2.22. The van der Waals surface area contributed by atoms with E-state index in [1.807, 2.05) is 13.8 Å². The summed E-state index contributed by atoms with van der Waals surface area (Å²) in [5, 5.41) is 0. The van der Waals surface area contributed by atoms with E-state index in [4.69, 9.17) is 0 Å². The van der Waals surface area contributed by atoms with Crippen molar-refractivity contribution in [3.8, 4) is 0 Å². The molecule has 0 aliphatic rings. The van der Waals surface area contributed by atoms with E-state index < -0.39 is 75.6 Å². The van der Waals surface area contributed by atoms with Gasteiger partial charge in [0.05, 0.1) is 0 Å². The van der Waals surface area contributed by atoms with E-state index in [9.17, 15) is 39.5 Å². The van der Waals surface area contributed by atoms with Gasteiger partial charge < -0.3 is 0 Å². The van der Waals surface area contributed by atoms with Gasteiger partial charge in [0.2, 0.25) is 0 Å². The van der Waals surface area contributed by atoms with Gasteiger partial charge in [0.15, 0.2) is 52.4 Å². The first kappa shape index (κ1) is 24.7. The summed E-state index contributed by atoms with van der Waals surface area (Å²) in [6.45, 7) is 2.07. The molecule has 3 aromatic rings. The summed E-state index contributed by atoms with van der Waals surface area (Å²) >= 11 is 0. The maximum atomic E-state index is 14.8. The molecule has 33 heavy (non-hydrogen) atoms. The first-order valence-electron chi connectivity index (χ1n) is 9.87. The Morgan fingerprint density at radius 2 is 0.970 bits per heavy atom. The second kappa shape index (κ2) is 9.15. The molecule has 0 nitrogen and oxygen atoms in total. The van der Waals surface area contributed by atoms with Gasteiger partial charge in [-0.25, -0.2) is 39.5 Å². The van der Waals surface area contributed by atoms with E-state index in [0.717, 1.165) is 19.1 Å². The number of halogens is 9. The van der Waals surface area contributed by atoms with Crippen LogP contribution >= 0.6 is 0 Å². The summed E-state index contributed by atoms with van der Waals surface area (Å²) in [5.74, 6) is -19.7. The highest BCUT2D eigenvalue weighted by Gasteiger charge is 2.40. The molecule has 0 saturated carbocycles. The van der Waals surface area contributed by atoms with E-state index in [2.05, 4.69) is 0 Å². The number of hydrogen-bond donors (Lipinski definition) is 0. The minimum atomic E-state index is -2.48. The Morgan fingerprint density at radius 3 is 1.36 bits per heavy atom. The Kier molecular flexibility index (Phi) is 6.86. The van der Waals surface area contributed by atoms with Crippen LogP contribution in [0.3, 0.4) is 0 Å². The summed E-state index contributed by atoms with van der Waals surface area (Å²) in [6, 6.07) is 5.16. The second-order valence-corrected chi connectivity index (χ2v) is 7.69. The van der Waals surface area contributed by atoms with Crippen molar-refractivity contribution in [3.05, 3.63) is 87.7 Å². The zero-order valence-corrected chi connectivity index (χ0v) is 17.6. The van der Waals surface area contributed by atoms with Crippen molar-refractivity contribution in [2.75, 3.05) is 0 Å². The molecule has 10 heteroatoms. The third-order valence-electron chi connectivity index (χ3n) is 5.79. The molecule has 0 amide bonds. The molecule has 3 rings (SSSR count). The highest BCUT2D eigenvalue weighted by molar-refractivity contribution is 6.95. The molecular weight excluding hydrogens is 458 g/mol. The fourth-order valence-electron chi connectivity index (χ4n) is 3.62. The van der Waals surface area contributed by atoms with Crippen molar-refractivity contribution in [1.29, 1.82) is 0 Å². The van der Waals surface area contributed by atoms with Crippen LogP contribution in [0.2, 0.25) is 0 Å². The molecule has 0 spiro atoms. The van der Waals surface area contributed by atoms with Gasteiger partial charge in [0.25, 0.3) is 6.71 Å². The van der Waals surface area contributed by atoms with E-state index in [1.165, 1.54) is 12.1 Å². The first-order valence-corrected chi connectivity index (χ1v) is 9.87. The van der Waals surface area contributed by atoms with Gasteiger partial charge in [0.1, 0.15) is 0 Å². The monoisotopic (exact) mass is 474 g/mol. The molecule has 0 aliphatic carbocycles. The average molecular weight is 474 g/mol. The Balaban J connectivity index is 2.44. The van der Waals surface area contributed by atoms with Crippen molar-refractivity contribution < 1.29 is 39.5 Å². The van der Waals surface area contributed by atoms with Gasteiger partial charge in [-0.3, -0.25) is 0 Å². The van der Waals surface area contributed by atoms with Gasteiger partial charge in [-0.2, -0.15) is 0 Å². The molecule has 0 heterocycles. The molecule has 0 radical (unpaired) electrons. The van der Waals surface area contributed by atoms with Crippen LogP contribution in [0.4, 0.5) is 39.5 Å². The summed E-state index contributed by atoms with van der Waals surface area (Å²) < 4.78 is 129. The molecular formula is C23H16BF9. The molecule has 0 aliphatic heterocycles. The van der Waals surface area contributed by atoms with Gasteiger partial charge in [-0.05, 0) is 24.8 Å². The minimum absolute atomic E-state index is 0.00872. The van der Waals surface area contributed by atoms with Crippen molar-refractivity contribution in [2.45, 2.75) is 33.1 Å². The fraction of sp³-hybridized carbons (Fsp3) is 0.217. The van der Waals surface area contributed by atoms with Crippen molar-refractivity contribution >= 4 is 23.1 Å². The fourth-order valence-corrected chi connectivity index (χ4v) is 3.62. The van der Waals surface area contributed by atoms with Crippen LogP contribution in [0.15, 0.2) is 24.3 Å². The van der Waals surface area contributed by atoms with Crippen molar-refractivity contribution in [2.24, 2.45) is 0 Å². The lowest BCUT2D eigenvalue weighted by atomic mass is 9.36. The van der Waals surface area contributed by atoms with E-state index in [-0.39, 0.29) is 11.4 Å². The Hall–Kier alpha value is -2.91. The zero-order chi connectivity index (χ0) is 24.8. The molecule has 0 saturated heterocycles. The normalized spacial score (nSPS) is 12.2. The summed E-state index contributed by atoms with van der Waals surface area (Å²) in [6.07, 6.45) is 0.693. The van der Waals surface area contributed by atoms with E-state index in [1.54, 1.807) is 0 Å². The van der Waals surface area contributed by atoms with Crippen LogP contribution in [0.25, 0.3) is 0 Å². The third kappa shape index (κ3) is 4.00. The standard InChI is InChI=1S/C23H16BF9/c1-4-9(2)11-5-7-12(8-6-11)24(13-17(27)15(25)10(3)16(26)18(13)28)14-19(29)21(31)23(33)22(32)20(14)30/h5-9H,4H2,1-3H3. The lowest BCUT2D eigenvalue weighted by Gasteiger charge is -2.21. The van der Waals surface area contributed by atoms with E-state index in [0.29, 0.717) is 12.0 Å². The zero-order valence-electron chi connectivity index (χ0n) is 17.6. The van der Waals surface area contributed by atoms with Gasteiger partial charge in [0, 0.05) is 16.5 Å². The minimum Gasteiger partial charge on any atom is -0.204 e. The maximum absolute atomic E-state index is 14.8. The molecule has 0 aromatic heterocycles. The Morgan fingerprint density at radius 1 is 0.606 bits per heavy atom. The predicted octanol–water partition coefficient (Wildman–Crippen LogP) is 5.28. The van der Waals surface area contributed by atoms with Crippen LogP contribution in [0, 0.1) is 59.3 Å². The summed E-state index contributed by atoms with van der Waals surface area (Å²) in [4.78, 5) is 0. The first-order chi connectivity index (χ1) is 15.4. The van der Waals surface area contributed by atoms with Gasteiger partial charge in [-0.1, -0.05) is 43.6 Å². The Labute approximate surface area is 184 Å². The van der Waals surface area contributed by atoms with Crippen molar-refractivity contribution in [1.82, 2.24) is 0 Å². The summed E-state index contributed by atoms with van der Waals surface area (Å²) in [7, 11) is 0. The van der Waals surface area contributed by atoms with Crippen LogP contribution in [-0.4, -0.2) is 6.71 Å². The van der Waals surface area contributed by atoms with Crippen molar-refractivity contribution in [3.63, 3.8) is 0 Å². The van der Waals surface area contributed by atoms with E-state index >= 15 is 0 Å². The summed E-state index contributed by atoms with van der Waals surface area (Å²) in [5.41, 5.74) is -3.83. The molecule has 1 atom stereocenters. The van der Waals surface area contributed by atoms with Crippen LogP contribution in [-0.2, 0) is 0 Å². The highest BCUT2D eigenvalue weighted by atomic mass is 19.2. The van der Waals surface area contributed by atoms with Crippen LogP contribution < -0.4 is 16.4 Å². The smallest absolute Gasteiger partial charge is 0.204 e. The number of benzene rings is 3. The SMILES string of the molecule is CCC(C)c1ccc(B(c2c(F)c(F)c(C)c(F)c2F)c2c(F)c(F)c(F)c(F)c2F)cc1. The molecule has 1 unspecified atom stereocenters. The van der Waals surface area contributed by atoms with Crippen LogP contribution in [0.1, 0.15) is 37.3 Å². The van der Waals surface area contributed by atoms with Crippen LogP contribution in [0.5, 0.6) is 0 Å². The second-order valence-electron chi connectivity index (χ2n) is 7.69. The quantitative estimate of drug-likeness (QED) is 0.205. The third-order valence-corrected chi connectivity index (χ3v) is 5.79. The largest absolute Gasteiger partial charge is 0.257 e. The molecule has 174 valence electrons. The van der Waals surface area contributed by atoms with Gasteiger partial charge >= 0.3 is 0 Å². The van der Waals surface area contributed by atoms with Gasteiger partial charge in [-0.15, -0.1) is 0 Å². The lowest BCUT2D eigenvalue weighted by molar-refractivity contribution is 0.384. The maximum Gasteiger partial charge on any atom is 0.257 e.